The number of thiazole rings is 1. The van der Waals surface area contributed by atoms with Crippen molar-refractivity contribution in [2.45, 2.75) is 32.7 Å². The molecule has 0 saturated heterocycles. The van der Waals surface area contributed by atoms with Gasteiger partial charge in [0.1, 0.15) is 5.75 Å². The molecule has 0 radical (unpaired) electrons. The van der Waals surface area contributed by atoms with Gasteiger partial charge < -0.3 is 14.2 Å². The van der Waals surface area contributed by atoms with Gasteiger partial charge in [-0.25, -0.2) is 4.99 Å². The van der Waals surface area contributed by atoms with Crippen LogP contribution in [0.1, 0.15) is 48.6 Å². The van der Waals surface area contributed by atoms with E-state index < -0.39 is 5.97 Å². The first-order valence-corrected chi connectivity index (χ1v) is 15.2. The Morgan fingerprint density at radius 2 is 1.90 bits per heavy atom. The van der Waals surface area contributed by atoms with Gasteiger partial charge in [0.05, 0.1) is 33.6 Å². The number of aromatic nitrogens is 1. The summed E-state index contributed by atoms with van der Waals surface area (Å²) in [6.07, 6.45) is 3.53. The highest BCUT2D eigenvalue weighted by atomic mass is 127. The van der Waals surface area contributed by atoms with E-state index in [1.807, 2.05) is 54.0 Å². The Bertz CT molecular complexity index is 1910. The van der Waals surface area contributed by atoms with Gasteiger partial charge in [-0.2, -0.15) is 0 Å². The number of esters is 1. The fraction of sp³-hybridized carbons (Fsp3) is 0.219. The predicted octanol–water partition coefficient (Wildman–Crippen LogP) is 5.26. The number of rotatable bonds is 6. The van der Waals surface area contributed by atoms with Crippen molar-refractivity contribution in [1.82, 2.24) is 4.57 Å². The van der Waals surface area contributed by atoms with Crippen LogP contribution < -0.4 is 29.1 Å². The summed E-state index contributed by atoms with van der Waals surface area (Å²) in [5.74, 6) is 1.14. The second-order valence-electron chi connectivity index (χ2n) is 9.71. The molecule has 0 fully saturated rings. The number of carbonyl (C=O) groups excluding carboxylic acids is 1. The number of methoxy groups -OCH3 is 1. The summed E-state index contributed by atoms with van der Waals surface area (Å²) in [5, 5.41) is 0. The van der Waals surface area contributed by atoms with E-state index in [1.165, 1.54) is 23.8 Å². The molecule has 1 aromatic heterocycles. The average molecular weight is 679 g/mol. The normalized spacial score (nSPS) is 15.9. The van der Waals surface area contributed by atoms with Crippen molar-refractivity contribution in [2.75, 3.05) is 13.7 Å². The van der Waals surface area contributed by atoms with Gasteiger partial charge in [0, 0.05) is 18.1 Å². The number of halogens is 1. The standard InChI is InChI=1S/C32H27IN2O5S/c1-4-39-26-16-19(15-24(33)30(26)40-18(2)36)17-27-31(37)35-29(22-11-7-8-12-25(22)38-3)23-14-13-20-9-5-6-10-21(20)28(23)34-32(35)41-27/h5-12,15-17,29H,4,13-14H2,1-3H3/b27-17+/t29-/m1/s1. The minimum Gasteiger partial charge on any atom is -0.496 e. The van der Waals surface area contributed by atoms with Gasteiger partial charge in [-0.05, 0) is 83.3 Å². The van der Waals surface area contributed by atoms with Crippen molar-refractivity contribution in [2.24, 2.45) is 4.99 Å². The first kappa shape index (κ1) is 27.5. The van der Waals surface area contributed by atoms with Crippen LogP contribution in [0, 0.1) is 3.57 Å². The van der Waals surface area contributed by atoms with E-state index in [0.717, 1.165) is 46.6 Å². The second kappa shape index (κ2) is 11.3. The summed E-state index contributed by atoms with van der Waals surface area (Å²) in [4.78, 5) is 31.6. The summed E-state index contributed by atoms with van der Waals surface area (Å²) in [7, 11) is 1.66. The Labute approximate surface area is 254 Å². The zero-order valence-electron chi connectivity index (χ0n) is 22.8. The number of para-hydroxylation sites is 1. The minimum atomic E-state index is -0.424. The van der Waals surface area contributed by atoms with Crippen molar-refractivity contribution in [3.63, 3.8) is 0 Å². The fourth-order valence-electron chi connectivity index (χ4n) is 5.52. The SMILES string of the molecule is CCOc1cc(/C=c2/sc3n(c2=O)[C@H](c2ccccc2OC)C2=C(N=3)c3ccccc3CC2)cc(I)c1OC(C)=O. The molecule has 1 aliphatic heterocycles. The van der Waals surface area contributed by atoms with E-state index in [0.29, 0.717) is 31.0 Å². The number of hydrogen-bond donors (Lipinski definition) is 0. The van der Waals surface area contributed by atoms with Crippen LogP contribution in [-0.2, 0) is 11.2 Å². The molecular formula is C32H27IN2O5S. The van der Waals surface area contributed by atoms with Gasteiger partial charge in [0.25, 0.3) is 5.56 Å². The number of benzene rings is 3. The third-order valence-electron chi connectivity index (χ3n) is 7.18. The van der Waals surface area contributed by atoms with Gasteiger partial charge in [-0.1, -0.05) is 53.8 Å². The molecule has 41 heavy (non-hydrogen) atoms. The first-order chi connectivity index (χ1) is 19.9. The van der Waals surface area contributed by atoms with Crippen molar-refractivity contribution in [3.8, 4) is 17.2 Å². The van der Waals surface area contributed by atoms with Crippen LogP contribution in [0.3, 0.4) is 0 Å². The predicted molar refractivity (Wildman–Crippen MR) is 167 cm³/mol. The van der Waals surface area contributed by atoms with E-state index in [4.69, 9.17) is 19.2 Å². The molecule has 1 aliphatic carbocycles. The summed E-state index contributed by atoms with van der Waals surface area (Å²) in [6, 6.07) is 19.6. The van der Waals surface area contributed by atoms with Crippen LogP contribution in [0.5, 0.6) is 17.2 Å². The Morgan fingerprint density at radius 3 is 2.68 bits per heavy atom. The molecule has 0 N–H and O–H groups in total. The number of nitrogens with zero attached hydrogens (tertiary/aromatic N) is 2. The summed E-state index contributed by atoms with van der Waals surface area (Å²) in [6.45, 7) is 3.63. The van der Waals surface area contributed by atoms with E-state index >= 15 is 0 Å². The van der Waals surface area contributed by atoms with E-state index in [9.17, 15) is 9.59 Å². The maximum absolute atomic E-state index is 14.1. The number of fused-ring (bicyclic) bond motifs is 3. The highest BCUT2D eigenvalue weighted by Gasteiger charge is 2.34. The third kappa shape index (κ3) is 5.01. The largest absolute Gasteiger partial charge is 0.496 e. The van der Waals surface area contributed by atoms with Gasteiger partial charge in [0.2, 0.25) is 0 Å². The van der Waals surface area contributed by atoms with Gasteiger partial charge >= 0.3 is 5.97 Å². The van der Waals surface area contributed by atoms with E-state index in [-0.39, 0.29) is 11.6 Å². The van der Waals surface area contributed by atoms with Crippen molar-refractivity contribution < 1.29 is 19.0 Å². The number of allylic oxidation sites excluding steroid dienone is 1. The molecule has 3 aromatic carbocycles. The van der Waals surface area contributed by atoms with Gasteiger partial charge in [-0.15, -0.1) is 0 Å². The molecule has 2 aliphatic rings. The molecule has 0 bridgehead atoms. The molecule has 208 valence electrons. The molecular weight excluding hydrogens is 651 g/mol. The lowest BCUT2D eigenvalue weighted by Gasteiger charge is -2.31. The summed E-state index contributed by atoms with van der Waals surface area (Å²) < 4.78 is 20.0. The van der Waals surface area contributed by atoms with E-state index in [2.05, 4.69) is 40.8 Å². The monoisotopic (exact) mass is 678 g/mol. The molecule has 1 atom stereocenters. The minimum absolute atomic E-state index is 0.118. The van der Waals surface area contributed by atoms with Crippen molar-refractivity contribution in [1.29, 1.82) is 0 Å². The highest BCUT2D eigenvalue weighted by Crippen LogP contribution is 2.43. The molecule has 7 nitrogen and oxygen atoms in total. The lowest BCUT2D eigenvalue weighted by molar-refractivity contribution is -0.132. The number of carbonyl (C=O) groups is 1. The summed E-state index contributed by atoms with van der Waals surface area (Å²) >= 11 is 3.48. The molecule has 0 saturated carbocycles. The molecule has 0 amide bonds. The van der Waals surface area contributed by atoms with Crippen molar-refractivity contribution in [3.05, 3.63) is 112 Å². The zero-order valence-corrected chi connectivity index (χ0v) is 25.7. The molecule has 2 heterocycles. The topological polar surface area (TPSA) is 79.1 Å². The number of aryl methyl sites for hydroxylation is 1. The Hall–Kier alpha value is -3.70. The maximum atomic E-state index is 14.1. The maximum Gasteiger partial charge on any atom is 0.308 e. The zero-order chi connectivity index (χ0) is 28.7. The highest BCUT2D eigenvalue weighted by molar-refractivity contribution is 14.1. The van der Waals surface area contributed by atoms with Crippen LogP contribution in [0.4, 0.5) is 0 Å². The summed E-state index contributed by atoms with van der Waals surface area (Å²) in [5.41, 5.74) is 6.01. The Morgan fingerprint density at radius 1 is 1.12 bits per heavy atom. The first-order valence-electron chi connectivity index (χ1n) is 13.3. The third-order valence-corrected chi connectivity index (χ3v) is 8.97. The molecule has 0 spiro atoms. The number of hydrogen-bond acceptors (Lipinski definition) is 7. The second-order valence-corrected chi connectivity index (χ2v) is 11.9. The molecule has 4 aromatic rings. The molecule has 6 rings (SSSR count). The lowest BCUT2D eigenvalue weighted by Crippen LogP contribution is -2.39. The quantitative estimate of drug-likeness (QED) is 0.158. The fourth-order valence-corrected chi connectivity index (χ4v) is 7.26. The number of ether oxygens (including phenoxy) is 3. The van der Waals surface area contributed by atoms with Gasteiger partial charge in [0.15, 0.2) is 16.3 Å². The smallest absolute Gasteiger partial charge is 0.308 e. The van der Waals surface area contributed by atoms with E-state index in [1.54, 1.807) is 13.2 Å². The van der Waals surface area contributed by atoms with Gasteiger partial charge in [-0.3, -0.25) is 14.2 Å². The van der Waals surface area contributed by atoms with Crippen LogP contribution >= 0.6 is 33.9 Å². The van der Waals surface area contributed by atoms with Crippen LogP contribution in [-0.4, -0.2) is 24.3 Å². The average Bonchev–Trinajstić information content (AvgIpc) is 3.27. The van der Waals surface area contributed by atoms with Crippen LogP contribution in [0.2, 0.25) is 0 Å². The van der Waals surface area contributed by atoms with Crippen molar-refractivity contribution >= 4 is 51.7 Å². The Balaban J connectivity index is 1.58. The Kier molecular flexibility index (Phi) is 7.56. The molecule has 9 heteroatoms. The van der Waals surface area contributed by atoms with Crippen LogP contribution in [0.15, 0.2) is 76.0 Å². The van der Waals surface area contributed by atoms with Crippen LogP contribution in [0.25, 0.3) is 11.8 Å². The lowest BCUT2D eigenvalue weighted by atomic mass is 9.83. The molecule has 0 unspecified atom stereocenters.